The summed E-state index contributed by atoms with van der Waals surface area (Å²) >= 11 is 3.47. The first-order valence-corrected chi connectivity index (χ1v) is 4.23. The van der Waals surface area contributed by atoms with E-state index in [1.54, 1.807) is 0 Å². The van der Waals surface area contributed by atoms with Crippen LogP contribution >= 0.6 is 16.1 Å². The Hall–Kier alpha value is -0.760. The Morgan fingerprint density at radius 1 is 1.27 bits per heavy atom. The predicted molar refractivity (Wildman–Crippen MR) is 51.0 cm³/mol. The van der Waals surface area contributed by atoms with Crippen LogP contribution < -0.4 is 0 Å². The molecule has 0 saturated heterocycles. The molecule has 1 aromatic carbocycles. The lowest BCUT2D eigenvalue weighted by atomic mass is 10.2. The molecule has 1 nitrogen and oxygen atoms in total. The van der Waals surface area contributed by atoms with Gasteiger partial charge in [0.1, 0.15) is 0 Å². The monoisotopic (exact) mass is 209 g/mol. The average Bonchev–Trinajstić information content (AvgIpc) is 2.30. The fourth-order valence-electron chi connectivity index (χ4n) is 1.26. The van der Waals surface area contributed by atoms with Gasteiger partial charge in [0.25, 0.3) is 0 Å². The van der Waals surface area contributed by atoms with E-state index in [9.17, 15) is 0 Å². The molecule has 0 spiro atoms. The zero-order valence-corrected chi connectivity index (χ0v) is 7.80. The zero-order valence-electron chi connectivity index (χ0n) is 6.21. The number of para-hydroxylation sites is 1. The summed E-state index contributed by atoms with van der Waals surface area (Å²) in [7, 11) is 0. The van der Waals surface area contributed by atoms with Crippen molar-refractivity contribution in [2.24, 2.45) is 0 Å². The maximum atomic E-state index is 3.47. The Labute approximate surface area is 74.0 Å². The number of rotatable bonds is 0. The number of nitrogens with zero attached hydrogens (tertiary/aromatic N) is 1. The molecule has 0 fully saturated rings. The quantitative estimate of drug-likeness (QED) is 0.629. The van der Waals surface area contributed by atoms with Crippen LogP contribution in [0.25, 0.3) is 10.9 Å². The van der Waals surface area contributed by atoms with Crippen molar-refractivity contribution >= 4 is 27.1 Å². The molecule has 1 heterocycles. The lowest BCUT2D eigenvalue weighted by molar-refractivity contribution is 1.24. The second kappa shape index (κ2) is 2.38. The van der Waals surface area contributed by atoms with Crippen LogP contribution in [0.2, 0.25) is 0 Å². The van der Waals surface area contributed by atoms with E-state index < -0.39 is 0 Å². The van der Waals surface area contributed by atoms with Crippen molar-refractivity contribution in [1.29, 1.82) is 0 Å². The van der Waals surface area contributed by atoms with Gasteiger partial charge in [-0.25, -0.2) is 0 Å². The fourth-order valence-corrected chi connectivity index (χ4v) is 1.69. The van der Waals surface area contributed by atoms with Gasteiger partial charge in [0.2, 0.25) is 0 Å². The van der Waals surface area contributed by atoms with Gasteiger partial charge in [0.05, 0.1) is 21.7 Å². The Bertz CT molecular complexity index is 389. The highest BCUT2D eigenvalue weighted by Gasteiger charge is 1.99. The lowest BCUT2D eigenvalue weighted by Gasteiger charge is -1.93. The summed E-state index contributed by atoms with van der Waals surface area (Å²) in [4.78, 5) is 0. The average molecular weight is 210 g/mol. The molecular formula is C9H8BrN. The smallest absolute Gasteiger partial charge is 0.0594 e. The molecule has 56 valence electrons. The minimum Gasteiger partial charge on any atom is -0.281 e. The molecule has 0 saturated carbocycles. The molecule has 0 aliphatic heterocycles. The SMILES string of the molecule is Cc1cc2ccccc2n1Br. The van der Waals surface area contributed by atoms with Gasteiger partial charge in [-0.05, 0) is 19.1 Å². The number of fused-ring (bicyclic) bond motifs is 1. The molecule has 2 aromatic rings. The molecule has 0 radical (unpaired) electrons. The maximum Gasteiger partial charge on any atom is 0.0594 e. The first-order valence-electron chi connectivity index (χ1n) is 3.52. The minimum absolute atomic E-state index is 1.23. The molecule has 0 amide bonds. The number of hydrogen-bond donors (Lipinski definition) is 0. The number of aromatic nitrogens is 1. The summed E-state index contributed by atoms with van der Waals surface area (Å²) in [6.07, 6.45) is 0. The summed E-state index contributed by atoms with van der Waals surface area (Å²) in [5.41, 5.74) is 2.45. The maximum absolute atomic E-state index is 3.47. The minimum atomic E-state index is 1.23. The lowest BCUT2D eigenvalue weighted by Crippen LogP contribution is -1.78. The zero-order chi connectivity index (χ0) is 7.84. The van der Waals surface area contributed by atoms with Crippen molar-refractivity contribution in [1.82, 2.24) is 3.59 Å². The van der Waals surface area contributed by atoms with Crippen LogP contribution in [0.1, 0.15) is 5.69 Å². The highest BCUT2D eigenvalue weighted by atomic mass is 79.9. The van der Waals surface area contributed by atoms with Gasteiger partial charge in [-0.15, -0.1) is 0 Å². The van der Waals surface area contributed by atoms with Gasteiger partial charge in [0, 0.05) is 11.1 Å². The molecule has 11 heavy (non-hydrogen) atoms. The summed E-state index contributed by atoms with van der Waals surface area (Å²) in [6.45, 7) is 2.08. The third-order valence-electron chi connectivity index (χ3n) is 1.82. The van der Waals surface area contributed by atoms with Gasteiger partial charge in [0.15, 0.2) is 0 Å². The topological polar surface area (TPSA) is 4.93 Å². The summed E-state index contributed by atoms with van der Waals surface area (Å²) in [5, 5.41) is 1.28. The molecule has 2 heteroatoms. The van der Waals surface area contributed by atoms with Crippen LogP contribution in [-0.2, 0) is 0 Å². The Kier molecular flexibility index (Phi) is 1.50. The van der Waals surface area contributed by atoms with E-state index in [0.717, 1.165) is 0 Å². The third kappa shape index (κ3) is 0.979. The first kappa shape index (κ1) is 6.92. The van der Waals surface area contributed by atoms with Gasteiger partial charge in [-0.2, -0.15) is 0 Å². The van der Waals surface area contributed by atoms with E-state index >= 15 is 0 Å². The normalized spacial score (nSPS) is 10.7. The van der Waals surface area contributed by atoms with Gasteiger partial charge >= 0.3 is 0 Å². The van der Waals surface area contributed by atoms with Crippen molar-refractivity contribution in [3.63, 3.8) is 0 Å². The molecule has 0 atom stereocenters. The fraction of sp³-hybridized carbons (Fsp3) is 0.111. The Morgan fingerprint density at radius 2 is 2.00 bits per heavy atom. The molecular weight excluding hydrogens is 202 g/mol. The van der Waals surface area contributed by atoms with E-state index in [-0.39, 0.29) is 0 Å². The van der Waals surface area contributed by atoms with Crippen LogP contribution in [0.3, 0.4) is 0 Å². The molecule has 0 aliphatic carbocycles. The number of hydrogen-bond acceptors (Lipinski definition) is 0. The van der Waals surface area contributed by atoms with E-state index in [4.69, 9.17) is 0 Å². The molecule has 0 bridgehead atoms. The van der Waals surface area contributed by atoms with Crippen molar-refractivity contribution < 1.29 is 0 Å². The predicted octanol–water partition coefficient (Wildman–Crippen LogP) is 3.11. The van der Waals surface area contributed by atoms with Gasteiger partial charge in [-0.1, -0.05) is 18.2 Å². The van der Waals surface area contributed by atoms with E-state index in [1.165, 1.54) is 16.6 Å². The molecule has 1 aromatic heterocycles. The first-order chi connectivity index (χ1) is 5.29. The van der Waals surface area contributed by atoms with Crippen LogP contribution in [0.15, 0.2) is 30.3 Å². The standard InChI is InChI=1S/C9H8BrN/c1-7-6-8-4-2-3-5-9(8)11(7)10/h2-6H,1H3. The second-order valence-electron chi connectivity index (χ2n) is 2.63. The molecule has 0 unspecified atom stereocenters. The van der Waals surface area contributed by atoms with Gasteiger partial charge in [-0.3, -0.25) is 3.59 Å². The largest absolute Gasteiger partial charge is 0.281 e. The number of halogens is 1. The van der Waals surface area contributed by atoms with Crippen LogP contribution in [0.5, 0.6) is 0 Å². The summed E-state index contributed by atoms with van der Waals surface area (Å²) in [6, 6.07) is 10.5. The van der Waals surface area contributed by atoms with Gasteiger partial charge < -0.3 is 0 Å². The highest BCUT2D eigenvalue weighted by molar-refractivity contribution is 9.08. The van der Waals surface area contributed by atoms with E-state index in [0.29, 0.717) is 0 Å². The molecule has 0 N–H and O–H groups in total. The van der Waals surface area contributed by atoms with Crippen LogP contribution in [0, 0.1) is 6.92 Å². The van der Waals surface area contributed by atoms with Crippen molar-refractivity contribution in [2.45, 2.75) is 6.92 Å². The van der Waals surface area contributed by atoms with E-state index in [1.807, 2.05) is 9.66 Å². The Morgan fingerprint density at radius 3 is 2.73 bits per heavy atom. The number of benzene rings is 1. The molecule has 2 rings (SSSR count). The molecule has 0 aliphatic rings. The number of aryl methyl sites for hydroxylation is 1. The third-order valence-corrected chi connectivity index (χ3v) is 2.76. The second-order valence-corrected chi connectivity index (χ2v) is 3.33. The van der Waals surface area contributed by atoms with Crippen molar-refractivity contribution in [2.75, 3.05) is 0 Å². The van der Waals surface area contributed by atoms with Crippen molar-refractivity contribution in [3.8, 4) is 0 Å². The van der Waals surface area contributed by atoms with E-state index in [2.05, 4.69) is 47.3 Å². The summed E-state index contributed by atoms with van der Waals surface area (Å²) < 4.78 is 2.02. The summed E-state index contributed by atoms with van der Waals surface area (Å²) in [5.74, 6) is 0. The van der Waals surface area contributed by atoms with Crippen LogP contribution in [-0.4, -0.2) is 3.59 Å². The van der Waals surface area contributed by atoms with Crippen LogP contribution in [0.4, 0.5) is 0 Å². The Balaban J connectivity index is 2.92. The van der Waals surface area contributed by atoms with Crippen molar-refractivity contribution in [3.05, 3.63) is 36.0 Å². The highest BCUT2D eigenvalue weighted by Crippen LogP contribution is 2.20.